The van der Waals surface area contributed by atoms with Crippen molar-refractivity contribution in [1.82, 2.24) is 15.5 Å². The van der Waals surface area contributed by atoms with Crippen LogP contribution >= 0.6 is 0 Å². The van der Waals surface area contributed by atoms with Crippen molar-refractivity contribution in [2.75, 3.05) is 11.9 Å². The first-order valence-electron chi connectivity index (χ1n) is 9.98. The molecule has 2 heterocycles. The lowest BCUT2D eigenvalue weighted by atomic mass is 10.1. The molecule has 9 heteroatoms. The molecule has 0 radical (unpaired) electrons. The largest absolute Gasteiger partial charge is 0.457 e. The van der Waals surface area contributed by atoms with Crippen LogP contribution in [-0.2, 0) is 4.79 Å². The van der Waals surface area contributed by atoms with Crippen molar-refractivity contribution in [2.45, 2.75) is 6.92 Å². The van der Waals surface area contributed by atoms with E-state index in [-0.39, 0.29) is 18.1 Å². The van der Waals surface area contributed by atoms with E-state index in [1.165, 1.54) is 18.2 Å². The lowest BCUT2D eigenvalue weighted by Gasteiger charge is -2.09. The molecule has 33 heavy (non-hydrogen) atoms. The number of halogens is 1. The number of ether oxygens (including phenoxy) is 1. The second kappa shape index (κ2) is 9.73. The molecular weight excluding hydrogens is 427 g/mol. The Morgan fingerprint density at radius 1 is 1.00 bits per heavy atom. The SMILES string of the molecule is Cc1cc(C(=O)NCC(=O)Nc2cccc(-c3ccc(Oc4ccc(F)cc4)cc3)n2)no1. The first-order valence-corrected chi connectivity index (χ1v) is 9.98. The maximum absolute atomic E-state index is 13.0. The van der Waals surface area contributed by atoms with Crippen LogP contribution < -0.4 is 15.4 Å². The minimum Gasteiger partial charge on any atom is -0.457 e. The van der Waals surface area contributed by atoms with Crippen LogP contribution in [0.25, 0.3) is 11.3 Å². The number of pyridine rings is 1. The van der Waals surface area contributed by atoms with E-state index < -0.39 is 11.8 Å². The quantitative estimate of drug-likeness (QED) is 0.437. The van der Waals surface area contributed by atoms with Crippen LogP contribution in [0.2, 0.25) is 0 Å². The Morgan fingerprint density at radius 3 is 2.36 bits per heavy atom. The summed E-state index contributed by atoms with van der Waals surface area (Å²) in [4.78, 5) is 28.6. The van der Waals surface area contributed by atoms with E-state index in [9.17, 15) is 14.0 Å². The monoisotopic (exact) mass is 446 g/mol. The first kappa shape index (κ1) is 21.7. The molecule has 4 aromatic rings. The molecule has 0 saturated heterocycles. The van der Waals surface area contributed by atoms with Gasteiger partial charge in [-0.3, -0.25) is 9.59 Å². The summed E-state index contributed by atoms with van der Waals surface area (Å²) in [7, 11) is 0. The summed E-state index contributed by atoms with van der Waals surface area (Å²) >= 11 is 0. The normalized spacial score (nSPS) is 10.5. The summed E-state index contributed by atoms with van der Waals surface area (Å²) < 4.78 is 23.5. The Bertz CT molecular complexity index is 1270. The highest BCUT2D eigenvalue weighted by Crippen LogP contribution is 2.25. The molecule has 2 aromatic heterocycles. The van der Waals surface area contributed by atoms with Crippen molar-refractivity contribution in [1.29, 1.82) is 0 Å². The Labute approximate surface area is 188 Å². The summed E-state index contributed by atoms with van der Waals surface area (Å²) in [6.07, 6.45) is 0. The minimum atomic E-state index is -0.508. The first-order chi connectivity index (χ1) is 16.0. The smallest absolute Gasteiger partial charge is 0.273 e. The summed E-state index contributed by atoms with van der Waals surface area (Å²) in [5.74, 6) is 0.688. The number of nitrogens with one attached hydrogen (secondary N) is 2. The molecule has 2 amide bonds. The summed E-state index contributed by atoms with van der Waals surface area (Å²) in [5, 5.41) is 8.72. The van der Waals surface area contributed by atoms with Gasteiger partial charge in [0.15, 0.2) is 5.69 Å². The lowest BCUT2D eigenvalue weighted by Crippen LogP contribution is -2.33. The molecule has 0 unspecified atom stereocenters. The molecule has 2 N–H and O–H groups in total. The number of carbonyl (C=O) groups is 2. The Hall–Kier alpha value is -4.53. The molecule has 0 aliphatic carbocycles. The molecular formula is C24H19FN4O4. The zero-order valence-corrected chi connectivity index (χ0v) is 17.5. The standard InChI is InChI=1S/C24H19FN4O4/c1-15-13-21(29-33-15)24(31)26-14-23(30)28-22-4-2-3-20(27-22)16-5-9-18(10-6-16)32-19-11-7-17(25)8-12-19/h2-13H,14H2,1H3,(H,26,31)(H,27,28,30). The van der Waals surface area contributed by atoms with Gasteiger partial charge < -0.3 is 19.9 Å². The van der Waals surface area contributed by atoms with Crippen LogP contribution in [0.4, 0.5) is 10.2 Å². The molecule has 0 aliphatic heterocycles. The molecule has 2 aromatic carbocycles. The number of rotatable bonds is 7. The van der Waals surface area contributed by atoms with Crippen LogP contribution in [0.1, 0.15) is 16.2 Å². The van der Waals surface area contributed by atoms with E-state index in [4.69, 9.17) is 9.26 Å². The number of amides is 2. The van der Waals surface area contributed by atoms with Crippen molar-refractivity contribution < 1.29 is 23.2 Å². The second-order valence-corrected chi connectivity index (χ2v) is 7.04. The summed E-state index contributed by atoms with van der Waals surface area (Å²) in [6, 6.07) is 19.6. The molecule has 0 fully saturated rings. The van der Waals surface area contributed by atoms with E-state index in [1.807, 2.05) is 12.1 Å². The van der Waals surface area contributed by atoms with Gasteiger partial charge >= 0.3 is 0 Å². The zero-order valence-electron chi connectivity index (χ0n) is 17.5. The van der Waals surface area contributed by atoms with Gasteiger partial charge in [-0.15, -0.1) is 0 Å². The molecule has 0 aliphatic rings. The van der Waals surface area contributed by atoms with Gasteiger partial charge in [0.25, 0.3) is 5.91 Å². The van der Waals surface area contributed by atoms with Gasteiger partial charge in [0.1, 0.15) is 28.9 Å². The number of anilines is 1. The Morgan fingerprint density at radius 2 is 1.70 bits per heavy atom. The van der Waals surface area contributed by atoms with Crippen molar-refractivity contribution in [2.24, 2.45) is 0 Å². The molecule has 0 bridgehead atoms. The number of hydrogen-bond acceptors (Lipinski definition) is 6. The predicted molar refractivity (Wildman–Crippen MR) is 118 cm³/mol. The highest BCUT2D eigenvalue weighted by Gasteiger charge is 2.13. The van der Waals surface area contributed by atoms with Crippen LogP contribution in [0, 0.1) is 12.7 Å². The van der Waals surface area contributed by atoms with Crippen molar-refractivity contribution in [3.63, 3.8) is 0 Å². The number of nitrogens with zero attached hydrogens (tertiary/aromatic N) is 2. The topological polar surface area (TPSA) is 106 Å². The van der Waals surface area contributed by atoms with Gasteiger partial charge in [-0.05, 0) is 67.6 Å². The summed E-state index contributed by atoms with van der Waals surface area (Å²) in [6.45, 7) is 1.42. The van der Waals surface area contributed by atoms with Crippen LogP contribution in [0.3, 0.4) is 0 Å². The third-order valence-corrected chi connectivity index (χ3v) is 4.49. The fourth-order valence-electron chi connectivity index (χ4n) is 2.91. The average molecular weight is 446 g/mol. The van der Waals surface area contributed by atoms with Gasteiger partial charge in [-0.25, -0.2) is 9.37 Å². The molecule has 4 rings (SSSR count). The highest BCUT2D eigenvalue weighted by molar-refractivity contribution is 5.98. The van der Waals surface area contributed by atoms with Crippen LogP contribution in [0.5, 0.6) is 11.5 Å². The van der Waals surface area contributed by atoms with E-state index in [0.29, 0.717) is 28.8 Å². The van der Waals surface area contributed by atoms with E-state index >= 15 is 0 Å². The second-order valence-electron chi connectivity index (χ2n) is 7.04. The van der Waals surface area contributed by atoms with Crippen molar-refractivity contribution in [3.8, 4) is 22.8 Å². The molecule has 0 atom stereocenters. The molecule has 166 valence electrons. The van der Waals surface area contributed by atoms with E-state index in [1.54, 1.807) is 49.4 Å². The average Bonchev–Trinajstić information content (AvgIpc) is 3.26. The lowest BCUT2D eigenvalue weighted by molar-refractivity contribution is -0.115. The fraction of sp³-hybridized carbons (Fsp3) is 0.0833. The van der Waals surface area contributed by atoms with Crippen LogP contribution in [0.15, 0.2) is 77.3 Å². The zero-order chi connectivity index (χ0) is 23.2. The van der Waals surface area contributed by atoms with Gasteiger partial charge in [-0.1, -0.05) is 11.2 Å². The predicted octanol–water partition coefficient (Wildman–Crippen LogP) is 4.34. The number of aromatic nitrogens is 2. The number of carbonyl (C=O) groups excluding carboxylic acids is 2. The maximum atomic E-state index is 13.0. The Balaban J connectivity index is 1.35. The minimum absolute atomic E-state index is 0.104. The maximum Gasteiger partial charge on any atom is 0.273 e. The third kappa shape index (κ3) is 5.79. The van der Waals surface area contributed by atoms with Crippen molar-refractivity contribution >= 4 is 17.6 Å². The Kier molecular flexibility index (Phi) is 6.40. The highest BCUT2D eigenvalue weighted by atomic mass is 19.1. The third-order valence-electron chi connectivity index (χ3n) is 4.49. The van der Waals surface area contributed by atoms with Gasteiger partial charge in [0.2, 0.25) is 5.91 Å². The van der Waals surface area contributed by atoms with Gasteiger partial charge in [0, 0.05) is 11.6 Å². The fourth-order valence-corrected chi connectivity index (χ4v) is 2.91. The molecule has 8 nitrogen and oxygen atoms in total. The number of aryl methyl sites for hydroxylation is 1. The van der Waals surface area contributed by atoms with E-state index in [2.05, 4.69) is 20.8 Å². The summed E-state index contributed by atoms with van der Waals surface area (Å²) in [5.41, 5.74) is 1.56. The van der Waals surface area contributed by atoms with Crippen LogP contribution in [-0.4, -0.2) is 28.5 Å². The number of hydrogen-bond donors (Lipinski definition) is 2. The van der Waals surface area contributed by atoms with Gasteiger partial charge in [-0.2, -0.15) is 0 Å². The molecule has 0 spiro atoms. The number of benzene rings is 2. The van der Waals surface area contributed by atoms with Gasteiger partial charge in [0.05, 0.1) is 12.2 Å². The molecule has 0 saturated carbocycles. The van der Waals surface area contributed by atoms with Crippen molar-refractivity contribution in [3.05, 3.63) is 90.1 Å². The van der Waals surface area contributed by atoms with E-state index in [0.717, 1.165) is 5.56 Å².